The van der Waals surface area contributed by atoms with Crippen molar-refractivity contribution in [3.8, 4) is 0 Å². The average Bonchev–Trinajstić information content (AvgIpc) is 2.53. The highest BCUT2D eigenvalue weighted by Gasteiger charge is 2.21. The van der Waals surface area contributed by atoms with E-state index in [0.29, 0.717) is 11.3 Å². The van der Waals surface area contributed by atoms with Crippen molar-refractivity contribution in [2.75, 3.05) is 5.73 Å². The van der Waals surface area contributed by atoms with Gasteiger partial charge in [0.25, 0.3) is 0 Å². The van der Waals surface area contributed by atoms with Gasteiger partial charge in [-0.2, -0.15) is 0 Å². The molecule has 1 aliphatic rings. The first-order chi connectivity index (χ1) is 9.54. The van der Waals surface area contributed by atoms with E-state index in [1.54, 1.807) is 30.3 Å². The maximum Gasteiger partial charge on any atom is 0.335 e. The molecule has 4 nitrogen and oxygen atoms in total. The normalized spacial score (nSPS) is 13.3. The van der Waals surface area contributed by atoms with Crippen LogP contribution in [0.4, 0.5) is 5.69 Å². The molecule has 0 aliphatic carbocycles. The number of benzene rings is 2. The van der Waals surface area contributed by atoms with Gasteiger partial charge in [-0.15, -0.1) is 0 Å². The number of nitrogens with two attached hydrogens (primary N) is 1. The largest absolute Gasteiger partial charge is 0.478 e. The van der Waals surface area contributed by atoms with Crippen LogP contribution in [0.25, 0.3) is 0 Å². The maximum absolute atomic E-state index is 12.2. The zero-order valence-electron chi connectivity index (χ0n) is 10.4. The summed E-state index contributed by atoms with van der Waals surface area (Å²) < 4.78 is 0. The molecule has 1 heterocycles. The van der Waals surface area contributed by atoms with Crippen LogP contribution >= 0.6 is 11.8 Å². The van der Waals surface area contributed by atoms with Crippen LogP contribution in [0, 0.1) is 0 Å². The molecule has 0 unspecified atom stereocenters. The minimum atomic E-state index is -0.975. The molecule has 0 aromatic heterocycles. The Kier molecular flexibility index (Phi) is 2.99. The van der Waals surface area contributed by atoms with Gasteiger partial charge in [0.2, 0.25) is 0 Å². The fraction of sp³-hybridized carbons (Fsp3) is 0.0667. The summed E-state index contributed by atoms with van der Waals surface area (Å²) in [4.78, 5) is 24.8. The van der Waals surface area contributed by atoms with E-state index < -0.39 is 5.97 Å². The van der Waals surface area contributed by atoms with Gasteiger partial charge in [0.15, 0.2) is 5.78 Å². The molecule has 2 aromatic carbocycles. The van der Waals surface area contributed by atoms with Crippen LogP contribution in [0.3, 0.4) is 0 Å². The lowest BCUT2D eigenvalue weighted by molar-refractivity contribution is 0.0696. The topological polar surface area (TPSA) is 80.4 Å². The van der Waals surface area contributed by atoms with E-state index in [-0.39, 0.29) is 17.8 Å². The standard InChI is InChI=1S/C15H11NO3S/c16-10-3-4-11-12(17)5-8-1-2-9(15(18)19)6-13(8)20-14(11)7-10/h1-4,6-7H,5,16H2,(H,18,19). The number of carbonyl (C=O) groups is 2. The zero-order chi connectivity index (χ0) is 14.3. The highest BCUT2D eigenvalue weighted by atomic mass is 32.2. The van der Waals surface area contributed by atoms with Crippen LogP contribution in [-0.2, 0) is 6.42 Å². The van der Waals surface area contributed by atoms with Gasteiger partial charge in [0.1, 0.15) is 0 Å². The van der Waals surface area contributed by atoms with Gasteiger partial charge in [0.05, 0.1) is 5.56 Å². The predicted molar refractivity (Wildman–Crippen MR) is 76.4 cm³/mol. The monoisotopic (exact) mass is 285 g/mol. The zero-order valence-corrected chi connectivity index (χ0v) is 11.2. The molecule has 2 aromatic rings. The summed E-state index contributed by atoms with van der Waals surface area (Å²) >= 11 is 1.39. The molecule has 0 atom stereocenters. The van der Waals surface area contributed by atoms with E-state index in [0.717, 1.165) is 15.4 Å². The average molecular weight is 285 g/mol. The molecule has 3 N–H and O–H groups in total. The van der Waals surface area contributed by atoms with Crippen molar-refractivity contribution < 1.29 is 14.7 Å². The molecule has 20 heavy (non-hydrogen) atoms. The van der Waals surface area contributed by atoms with Crippen LogP contribution in [-0.4, -0.2) is 16.9 Å². The van der Waals surface area contributed by atoms with Crippen molar-refractivity contribution in [3.05, 3.63) is 53.1 Å². The first-order valence-electron chi connectivity index (χ1n) is 6.01. The highest BCUT2D eigenvalue weighted by molar-refractivity contribution is 7.99. The Labute approximate surface area is 119 Å². The number of rotatable bonds is 1. The lowest BCUT2D eigenvalue weighted by atomic mass is 10.0. The van der Waals surface area contributed by atoms with E-state index in [1.807, 2.05) is 0 Å². The van der Waals surface area contributed by atoms with Gasteiger partial charge < -0.3 is 10.8 Å². The first kappa shape index (κ1) is 12.7. The molecule has 0 bridgehead atoms. The van der Waals surface area contributed by atoms with Crippen LogP contribution in [0.2, 0.25) is 0 Å². The fourth-order valence-electron chi connectivity index (χ4n) is 2.17. The van der Waals surface area contributed by atoms with Crippen LogP contribution in [0.1, 0.15) is 26.3 Å². The number of fused-ring (bicyclic) bond motifs is 2. The number of Topliss-reactive ketones (excluding diaryl/α,β-unsaturated/α-hetero) is 1. The molecule has 0 amide bonds. The molecule has 0 saturated carbocycles. The van der Waals surface area contributed by atoms with Gasteiger partial charge in [-0.3, -0.25) is 4.79 Å². The number of carboxylic acids is 1. The molecule has 100 valence electrons. The fourth-order valence-corrected chi connectivity index (χ4v) is 3.35. The Hall–Kier alpha value is -2.27. The molecule has 1 aliphatic heterocycles. The maximum atomic E-state index is 12.2. The lowest BCUT2D eigenvalue weighted by Gasteiger charge is -2.06. The van der Waals surface area contributed by atoms with E-state index >= 15 is 0 Å². The van der Waals surface area contributed by atoms with Crippen molar-refractivity contribution in [3.63, 3.8) is 0 Å². The van der Waals surface area contributed by atoms with Crippen LogP contribution < -0.4 is 5.73 Å². The Morgan fingerprint density at radius 3 is 2.70 bits per heavy atom. The predicted octanol–water partition coefficient (Wildman–Crippen LogP) is 2.86. The number of hydrogen-bond acceptors (Lipinski definition) is 4. The number of carbonyl (C=O) groups excluding carboxylic acids is 1. The molecular weight excluding hydrogens is 274 g/mol. The van der Waals surface area contributed by atoms with E-state index in [1.165, 1.54) is 17.8 Å². The van der Waals surface area contributed by atoms with E-state index in [4.69, 9.17) is 10.8 Å². The third-order valence-corrected chi connectivity index (χ3v) is 4.35. The van der Waals surface area contributed by atoms with Gasteiger partial charge in [-0.25, -0.2) is 4.79 Å². The van der Waals surface area contributed by atoms with Gasteiger partial charge in [-0.05, 0) is 35.9 Å². The Morgan fingerprint density at radius 1 is 1.15 bits per heavy atom. The minimum Gasteiger partial charge on any atom is -0.478 e. The van der Waals surface area contributed by atoms with Crippen molar-refractivity contribution in [2.45, 2.75) is 16.2 Å². The Morgan fingerprint density at radius 2 is 1.95 bits per heavy atom. The summed E-state index contributed by atoms with van der Waals surface area (Å²) in [5, 5.41) is 9.05. The van der Waals surface area contributed by atoms with Crippen molar-refractivity contribution in [1.29, 1.82) is 0 Å². The summed E-state index contributed by atoms with van der Waals surface area (Å²) in [5.74, 6) is -0.953. The van der Waals surface area contributed by atoms with Gasteiger partial charge in [-0.1, -0.05) is 17.8 Å². The van der Waals surface area contributed by atoms with Gasteiger partial charge >= 0.3 is 5.97 Å². The highest BCUT2D eigenvalue weighted by Crippen LogP contribution is 2.38. The van der Waals surface area contributed by atoms with Crippen molar-refractivity contribution in [1.82, 2.24) is 0 Å². The summed E-state index contributed by atoms with van der Waals surface area (Å²) in [5.41, 5.74) is 8.04. The number of anilines is 1. The van der Waals surface area contributed by atoms with Crippen LogP contribution in [0.5, 0.6) is 0 Å². The molecule has 5 heteroatoms. The quantitative estimate of drug-likeness (QED) is 0.787. The summed E-state index contributed by atoms with van der Waals surface area (Å²) in [7, 11) is 0. The molecule has 3 rings (SSSR count). The van der Waals surface area contributed by atoms with E-state index in [2.05, 4.69) is 0 Å². The number of aromatic carboxylic acids is 1. The second kappa shape index (κ2) is 4.68. The second-order valence-electron chi connectivity index (χ2n) is 4.59. The molecule has 0 saturated heterocycles. The molecular formula is C15H11NO3S. The number of hydrogen-bond donors (Lipinski definition) is 2. The smallest absolute Gasteiger partial charge is 0.335 e. The number of carboxylic acid groups (broad SMARTS) is 1. The summed E-state index contributed by atoms with van der Waals surface area (Å²) in [6, 6.07) is 10.0. The minimum absolute atomic E-state index is 0.0225. The van der Waals surface area contributed by atoms with Crippen molar-refractivity contribution in [2.24, 2.45) is 0 Å². The third-order valence-electron chi connectivity index (χ3n) is 3.19. The SMILES string of the molecule is Nc1ccc2c(c1)Sc1cc(C(=O)O)ccc1CC2=O. The molecule has 0 fully saturated rings. The summed E-state index contributed by atoms with van der Waals surface area (Å²) in [6.07, 6.45) is 0.277. The Bertz CT molecular complexity index is 740. The lowest BCUT2D eigenvalue weighted by Crippen LogP contribution is -2.04. The van der Waals surface area contributed by atoms with Crippen molar-refractivity contribution >= 4 is 29.2 Å². The first-order valence-corrected chi connectivity index (χ1v) is 6.83. The third kappa shape index (κ3) is 2.16. The molecule has 0 radical (unpaired) electrons. The van der Waals surface area contributed by atoms with Gasteiger partial charge in [0, 0.05) is 27.5 Å². The second-order valence-corrected chi connectivity index (χ2v) is 5.67. The molecule has 0 spiro atoms. The number of ketones is 1. The van der Waals surface area contributed by atoms with E-state index in [9.17, 15) is 9.59 Å². The van der Waals surface area contributed by atoms with Crippen LogP contribution in [0.15, 0.2) is 46.2 Å². The summed E-state index contributed by atoms with van der Waals surface area (Å²) in [6.45, 7) is 0. The Balaban J connectivity index is 2.15. The number of nitrogen functional groups attached to an aromatic ring is 1.